The fourth-order valence-electron chi connectivity index (χ4n) is 2.60. The van der Waals surface area contributed by atoms with Crippen LogP contribution in [0, 0.1) is 5.92 Å². The molecule has 0 atom stereocenters. The van der Waals surface area contributed by atoms with Gasteiger partial charge in [0.15, 0.2) is 0 Å². The van der Waals surface area contributed by atoms with Gasteiger partial charge < -0.3 is 24.2 Å². The van der Waals surface area contributed by atoms with Gasteiger partial charge in [-0.15, -0.1) is 0 Å². The summed E-state index contributed by atoms with van der Waals surface area (Å²) in [5.74, 6) is 0.472. The second kappa shape index (κ2) is 8.40. The first-order valence-electron chi connectivity index (χ1n) is 8.62. The molecule has 1 saturated heterocycles. The Morgan fingerprint density at radius 3 is 2.54 bits per heavy atom. The molecule has 1 aromatic carbocycles. The Morgan fingerprint density at radius 2 is 1.96 bits per heavy atom. The summed E-state index contributed by atoms with van der Waals surface area (Å²) in [5, 5.41) is 9.53. The van der Waals surface area contributed by atoms with Crippen LogP contribution in [0.2, 0.25) is 0 Å². The third kappa shape index (κ3) is 5.62. The molecule has 0 unspecified atom stereocenters. The minimum atomic E-state index is -0.499. The van der Waals surface area contributed by atoms with E-state index >= 15 is 0 Å². The standard InChI is InChI=1S/C19H27NO6/c1-19(2,3)26-18(23)20-9-14(10-20)12-25-16-6-5-13(7-15(16)11-21)8-17(22)24-4/h5-7,14,21H,8-12H2,1-4H3. The average molecular weight is 365 g/mol. The van der Waals surface area contributed by atoms with Crippen molar-refractivity contribution in [3.05, 3.63) is 29.3 Å². The summed E-state index contributed by atoms with van der Waals surface area (Å²) in [7, 11) is 1.34. The van der Waals surface area contributed by atoms with E-state index in [0.717, 1.165) is 5.56 Å². The molecule has 7 heteroatoms. The van der Waals surface area contributed by atoms with Crippen LogP contribution < -0.4 is 4.74 Å². The van der Waals surface area contributed by atoms with Crippen molar-refractivity contribution in [2.45, 2.75) is 39.4 Å². The van der Waals surface area contributed by atoms with Crippen LogP contribution in [0.1, 0.15) is 31.9 Å². The maximum atomic E-state index is 11.9. The van der Waals surface area contributed by atoms with Crippen molar-refractivity contribution in [2.24, 2.45) is 5.92 Å². The zero-order valence-electron chi connectivity index (χ0n) is 15.8. The lowest BCUT2D eigenvalue weighted by Crippen LogP contribution is -2.53. The van der Waals surface area contributed by atoms with Crippen molar-refractivity contribution < 1.29 is 28.9 Å². The molecule has 0 bridgehead atoms. The zero-order valence-corrected chi connectivity index (χ0v) is 15.8. The predicted molar refractivity (Wildman–Crippen MR) is 94.9 cm³/mol. The lowest BCUT2D eigenvalue weighted by molar-refractivity contribution is -0.139. The van der Waals surface area contributed by atoms with Crippen molar-refractivity contribution in [1.29, 1.82) is 0 Å². The number of amides is 1. The second-order valence-electron chi connectivity index (χ2n) is 7.42. The third-order valence-corrected chi connectivity index (χ3v) is 3.95. The van der Waals surface area contributed by atoms with E-state index in [9.17, 15) is 14.7 Å². The number of aliphatic hydroxyl groups excluding tert-OH is 1. The van der Waals surface area contributed by atoms with E-state index in [1.807, 2.05) is 20.8 Å². The highest BCUT2D eigenvalue weighted by Crippen LogP contribution is 2.24. The third-order valence-electron chi connectivity index (χ3n) is 3.95. The Morgan fingerprint density at radius 1 is 1.27 bits per heavy atom. The fraction of sp³-hybridized carbons (Fsp3) is 0.579. The van der Waals surface area contributed by atoms with E-state index in [-0.39, 0.29) is 31.0 Å². The number of aliphatic hydroxyl groups is 1. The lowest BCUT2D eigenvalue weighted by atomic mass is 10.0. The fourth-order valence-corrected chi connectivity index (χ4v) is 2.60. The number of rotatable bonds is 6. The van der Waals surface area contributed by atoms with Crippen LogP contribution in [0.5, 0.6) is 5.75 Å². The van der Waals surface area contributed by atoms with E-state index < -0.39 is 5.60 Å². The summed E-state index contributed by atoms with van der Waals surface area (Å²) in [6.07, 6.45) is -0.158. The Kier molecular flexibility index (Phi) is 6.47. The molecule has 1 fully saturated rings. The number of methoxy groups -OCH3 is 1. The van der Waals surface area contributed by atoms with E-state index in [1.54, 1.807) is 23.1 Å². The molecule has 0 spiro atoms. The van der Waals surface area contributed by atoms with Crippen molar-refractivity contribution in [2.75, 3.05) is 26.8 Å². The Bertz CT molecular complexity index is 646. The molecular formula is C19H27NO6. The lowest BCUT2D eigenvalue weighted by Gasteiger charge is -2.39. The van der Waals surface area contributed by atoms with Gasteiger partial charge in [0.25, 0.3) is 0 Å². The number of carbonyl (C=O) groups excluding carboxylic acids is 2. The number of hydrogen-bond donors (Lipinski definition) is 1. The molecule has 1 amide bonds. The number of esters is 1. The minimum absolute atomic E-state index is 0.150. The summed E-state index contributed by atoms with van der Waals surface area (Å²) in [6, 6.07) is 5.26. The van der Waals surface area contributed by atoms with Crippen LogP contribution in [-0.2, 0) is 27.3 Å². The molecule has 26 heavy (non-hydrogen) atoms. The molecule has 1 aromatic rings. The van der Waals surface area contributed by atoms with Gasteiger partial charge in [0, 0.05) is 24.6 Å². The predicted octanol–water partition coefficient (Wildman–Crippen LogP) is 2.14. The number of likely N-dealkylation sites (tertiary alicyclic amines) is 1. The molecule has 0 radical (unpaired) electrons. The monoisotopic (exact) mass is 365 g/mol. The molecule has 0 aliphatic carbocycles. The Hall–Kier alpha value is -2.28. The maximum absolute atomic E-state index is 11.9. The maximum Gasteiger partial charge on any atom is 0.410 e. The van der Waals surface area contributed by atoms with Gasteiger partial charge in [0.05, 0.1) is 26.7 Å². The van der Waals surface area contributed by atoms with E-state index in [1.165, 1.54) is 7.11 Å². The van der Waals surface area contributed by atoms with Crippen LogP contribution in [0.3, 0.4) is 0 Å². The SMILES string of the molecule is COC(=O)Cc1ccc(OCC2CN(C(=O)OC(C)(C)C)C2)c(CO)c1. The van der Waals surface area contributed by atoms with Gasteiger partial charge in [-0.1, -0.05) is 6.07 Å². The minimum Gasteiger partial charge on any atom is -0.493 e. The Balaban J connectivity index is 1.83. The van der Waals surface area contributed by atoms with Crippen LogP contribution >= 0.6 is 0 Å². The molecule has 0 saturated carbocycles. The summed E-state index contributed by atoms with van der Waals surface area (Å²) in [5.41, 5.74) is 0.878. The number of hydrogen-bond acceptors (Lipinski definition) is 6. The van der Waals surface area contributed by atoms with Crippen molar-refractivity contribution in [3.8, 4) is 5.75 Å². The van der Waals surface area contributed by atoms with E-state index in [4.69, 9.17) is 9.47 Å². The van der Waals surface area contributed by atoms with Crippen LogP contribution in [-0.4, -0.2) is 54.5 Å². The van der Waals surface area contributed by atoms with Gasteiger partial charge in [0.2, 0.25) is 0 Å². The van der Waals surface area contributed by atoms with Crippen LogP contribution in [0.25, 0.3) is 0 Å². The molecule has 2 rings (SSSR count). The largest absolute Gasteiger partial charge is 0.493 e. The number of ether oxygens (including phenoxy) is 3. The highest BCUT2D eigenvalue weighted by molar-refractivity contribution is 5.72. The van der Waals surface area contributed by atoms with Crippen molar-refractivity contribution >= 4 is 12.1 Å². The van der Waals surface area contributed by atoms with Crippen LogP contribution in [0.15, 0.2) is 18.2 Å². The normalized spacial score (nSPS) is 14.6. The van der Waals surface area contributed by atoms with E-state index in [0.29, 0.717) is 31.0 Å². The van der Waals surface area contributed by atoms with Crippen LogP contribution in [0.4, 0.5) is 4.79 Å². The second-order valence-corrected chi connectivity index (χ2v) is 7.42. The topological polar surface area (TPSA) is 85.3 Å². The van der Waals surface area contributed by atoms with Crippen molar-refractivity contribution in [1.82, 2.24) is 4.90 Å². The summed E-state index contributed by atoms with van der Waals surface area (Å²) in [6.45, 7) is 6.96. The molecular weight excluding hydrogens is 338 g/mol. The zero-order chi connectivity index (χ0) is 19.3. The highest BCUT2D eigenvalue weighted by atomic mass is 16.6. The van der Waals surface area contributed by atoms with Crippen molar-refractivity contribution in [3.63, 3.8) is 0 Å². The van der Waals surface area contributed by atoms with Gasteiger partial charge >= 0.3 is 12.1 Å². The summed E-state index contributed by atoms with van der Waals surface area (Å²) in [4.78, 5) is 24.9. The molecule has 0 aromatic heterocycles. The molecule has 144 valence electrons. The molecule has 1 heterocycles. The van der Waals surface area contributed by atoms with Gasteiger partial charge in [-0.3, -0.25) is 4.79 Å². The number of nitrogens with zero attached hydrogens (tertiary/aromatic N) is 1. The summed E-state index contributed by atoms with van der Waals surface area (Å²) >= 11 is 0. The van der Waals surface area contributed by atoms with Gasteiger partial charge in [-0.2, -0.15) is 0 Å². The average Bonchev–Trinajstić information content (AvgIpc) is 2.52. The number of benzene rings is 1. The molecule has 1 aliphatic heterocycles. The first-order valence-corrected chi connectivity index (χ1v) is 8.62. The first-order chi connectivity index (χ1) is 12.2. The Labute approximate surface area is 153 Å². The first kappa shape index (κ1) is 20.0. The van der Waals surface area contributed by atoms with Gasteiger partial charge in [-0.05, 0) is 38.5 Å². The summed E-state index contributed by atoms with van der Waals surface area (Å²) < 4.78 is 15.8. The molecule has 7 nitrogen and oxygen atoms in total. The number of carbonyl (C=O) groups is 2. The molecule has 1 aliphatic rings. The van der Waals surface area contributed by atoms with Gasteiger partial charge in [0.1, 0.15) is 11.4 Å². The van der Waals surface area contributed by atoms with Gasteiger partial charge in [-0.25, -0.2) is 4.79 Å². The highest BCUT2D eigenvalue weighted by Gasteiger charge is 2.34. The smallest absolute Gasteiger partial charge is 0.410 e. The molecule has 1 N–H and O–H groups in total. The quantitative estimate of drug-likeness (QED) is 0.778. The van der Waals surface area contributed by atoms with E-state index in [2.05, 4.69) is 4.74 Å².